The molecule has 0 fully saturated rings. The summed E-state index contributed by atoms with van der Waals surface area (Å²) in [6.45, 7) is 0. The normalized spacial score (nSPS) is 11.6. The van der Waals surface area contributed by atoms with Gasteiger partial charge in [0.15, 0.2) is 0 Å². The predicted molar refractivity (Wildman–Crippen MR) is 48.5 cm³/mol. The van der Waals surface area contributed by atoms with E-state index in [1.165, 1.54) is 12.4 Å². The van der Waals surface area contributed by atoms with Gasteiger partial charge >= 0.3 is 0 Å². The Bertz CT molecular complexity index is 255. The van der Waals surface area contributed by atoms with Crippen LogP contribution in [-0.2, 0) is 3.79 Å². The van der Waals surface area contributed by atoms with Crippen LogP contribution < -0.4 is 0 Å². The molecule has 0 amide bonds. The van der Waals surface area contributed by atoms with E-state index in [9.17, 15) is 0 Å². The Morgan fingerprint density at radius 2 is 1.91 bits per heavy atom. The lowest BCUT2D eigenvalue weighted by molar-refractivity contribution is 1.19. The average molecular weight is 231 g/mol. The fourth-order valence-corrected chi connectivity index (χ4v) is 1.51. The third-order valence-corrected chi connectivity index (χ3v) is 1.99. The van der Waals surface area contributed by atoms with Crippen molar-refractivity contribution in [2.45, 2.75) is 3.79 Å². The molecule has 0 aliphatic rings. The summed E-state index contributed by atoms with van der Waals surface area (Å²) in [5.41, 5.74) is 0.444. The number of hydrogen-bond acceptors (Lipinski definition) is 1. The molecule has 1 nitrogen and oxygen atoms in total. The summed E-state index contributed by atoms with van der Waals surface area (Å²) in [5.74, 6) is 0. The highest BCUT2D eigenvalue weighted by Gasteiger charge is 2.25. The van der Waals surface area contributed by atoms with Crippen LogP contribution in [0.25, 0.3) is 0 Å². The summed E-state index contributed by atoms with van der Waals surface area (Å²) in [4.78, 5) is 3.75. The largest absolute Gasteiger partial charge is 0.263 e. The van der Waals surface area contributed by atoms with Crippen molar-refractivity contribution in [2.75, 3.05) is 0 Å². The minimum atomic E-state index is -1.47. The van der Waals surface area contributed by atoms with Crippen LogP contribution in [0.3, 0.4) is 0 Å². The van der Waals surface area contributed by atoms with Crippen molar-refractivity contribution in [2.24, 2.45) is 0 Å². The second-order valence-corrected chi connectivity index (χ2v) is 4.54. The van der Waals surface area contributed by atoms with Gasteiger partial charge in [0, 0.05) is 18.0 Å². The number of rotatable bonds is 0. The second-order valence-electron chi connectivity index (χ2n) is 1.85. The lowest BCUT2D eigenvalue weighted by Crippen LogP contribution is -2.00. The molecule has 0 aliphatic carbocycles. The highest BCUT2D eigenvalue weighted by molar-refractivity contribution is 6.67. The van der Waals surface area contributed by atoms with Gasteiger partial charge in [-0.2, -0.15) is 0 Å². The lowest BCUT2D eigenvalue weighted by atomic mass is 10.3. The van der Waals surface area contributed by atoms with Crippen molar-refractivity contribution in [1.29, 1.82) is 0 Å². The molecule has 0 aromatic carbocycles. The summed E-state index contributed by atoms with van der Waals surface area (Å²) >= 11 is 22.4. The molecule has 0 bridgehead atoms. The molecule has 0 atom stereocenters. The van der Waals surface area contributed by atoms with Gasteiger partial charge in [-0.15, -0.1) is 0 Å². The van der Waals surface area contributed by atoms with Crippen LogP contribution in [0.1, 0.15) is 5.56 Å². The Morgan fingerprint density at radius 3 is 2.27 bits per heavy atom. The minimum Gasteiger partial charge on any atom is -0.263 e. The van der Waals surface area contributed by atoms with Crippen molar-refractivity contribution in [3.05, 3.63) is 29.0 Å². The van der Waals surface area contributed by atoms with Crippen LogP contribution in [0.4, 0.5) is 0 Å². The zero-order valence-corrected chi connectivity index (χ0v) is 8.21. The Morgan fingerprint density at radius 1 is 1.27 bits per heavy atom. The lowest BCUT2D eigenvalue weighted by Gasteiger charge is -2.11. The molecule has 1 aromatic heterocycles. The summed E-state index contributed by atoms with van der Waals surface area (Å²) in [5, 5.41) is 0.354. The molecule has 0 radical (unpaired) electrons. The van der Waals surface area contributed by atoms with Crippen LogP contribution in [0.5, 0.6) is 0 Å². The number of alkyl halides is 3. The van der Waals surface area contributed by atoms with E-state index in [1.807, 2.05) is 0 Å². The van der Waals surface area contributed by atoms with Gasteiger partial charge in [0.05, 0.1) is 5.02 Å². The van der Waals surface area contributed by atoms with Gasteiger partial charge < -0.3 is 0 Å². The smallest absolute Gasteiger partial charge is 0.217 e. The molecule has 1 aromatic rings. The Balaban J connectivity index is 3.14. The first kappa shape index (κ1) is 9.40. The maximum Gasteiger partial charge on any atom is 0.217 e. The quantitative estimate of drug-likeness (QED) is 0.622. The van der Waals surface area contributed by atoms with E-state index < -0.39 is 3.79 Å². The fraction of sp³-hybridized carbons (Fsp3) is 0.167. The molecular weight excluding hydrogens is 228 g/mol. The van der Waals surface area contributed by atoms with E-state index in [2.05, 4.69) is 4.98 Å². The van der Waals surface area contributed by atoms with Gasteiger partial charge in [0.1, 0.15) is 0 Å². The Hall–Kier alpha value is 0.310. The molecule has 0 N–H and O–H groups in total. The molecule has 60 valence electrons. The average Bonchev–Trinajstić information content (AvgIpc) is 1.86. The fourth-order valence-electron chi connectivity index (χ4n) is 0.605. The molecule has 1 heterocycles. The summed E-state index contributed by atoms with van der Waals surface area (Å²) in [7, 11) is 0. The number of nitrogens with zero attached hydrogens (tertiary/aromatic N) is 1. The van der Waals surface area contributed by atoms with Crippen molar-refractivity contribution in [3.63, 3.8) is 0 Å². The number of halogens is 4. The van der Waals surface area contributed by atoms with E-state index >= 15 is 0 Å². The highest BCUT2D eigenvalue weighted by atomic mass is 35.6. The van der Waals surface area contributed by atoms with Crippen LogP contribution in [0, 0.1) is 0 Å². The van der Waals surface area contributed by atoms with Gasteiger partial charge in [-0.05, 0) is 6.07 Å². The van der Waals surface area contributed by atoms with Gasteiger partial charge in [-0.3, -0.25) is 4.98 Å². The van der Waals surface area contributed by atoms with E-state index in [1.54, 1.807) is 6.07 Å². The van der Waals surface area contributed by atoms with Crippen LogP contribution in [-0.4, -0.2) is 4.98 Å². The summed E-state index contributed by atoms with van der Waals surface area (Å²) in [6, 6.07) is 1.56. The SMILES string of the molecule is Clc1cnccc1C(Cl)(Cl)Cl. The van der Waals surface area contributed by atoms with Gasteiger partial charge in [-0.1, -0.05) is 46.4 Å². The van der Waals surface area contributed by atoms with Gasteiger partial charge in [0.2, 0.25) is 3.79 Å². The number of aromatic nitrogens is 1. The van der Waals surface area contributed by atoms with Crippen molar-refractivity contribution in [3.8, 4) is 0 Å². The topological polar surface area (TPSA) is 12.9 Å². The minimum absolute atomic E-state index is 0.354. The van der Waals surface area contributed by atoms with Crippen molar-refractivity contribution < 1.29 is 0 Å². The Kier molecular flexibility index (Phi) is 2.87. The van der Waals surface area contributed by atoms with E-state index in [0.717, 1.165) is 0 Å². The van der Waals surface area contributed by atoms with E-state index in [-0.39, 0.29) is 0 Å². The molecular formula is C6H3Cl4N. The molecule has 0 aliphatic heterocycles. The van der Waals surface area contributed by atoms with Gasteiger partial charge in [0.25, 0.3) is 0 Å². The summed E-state index contributed by atoms with van der Waals surface area (Å²) < 4.78 is -1.47. The van der Waals surface area contributed by atoms with Crippen LogP contribution in [0.2, 0.25) is 5.02 Å². The number of hydrogen-bond donors (Lipinski definition) is 0. The standard InChI is InChI=1S/C6H3Cl4N/c7-5-3-11-2-1-4(5)6(8,9)10/h1-3H. The third kappa shape index (κ3) is 2.38. The zero-order valence-electron chi connectivity index (χ0n) is 5.19. The first-order valence-electron chi connectivity index (χ1n) is 2.68. The van der Waals surface area contributed by atoms with E-state index in [0.29, 0.717) is 10.6 Å². The zero-order chi connectivity index (χ0) is 8.48. The maximum atomic E-state index is 5.69. The molecule has 5 heteroatoms. The van der Waals surface area contributed by atoms with Crippen molar-refractivity contribution in [1.82, 2.24) is 4.98 Å². The van der Waals surface area contributed by atoms with E-state index in [4.69, 9.17) is 46.4 Å². The first-order valence-corrected chi connectivity index (χ1v) is 4.19. The molecule has 0 unspecified atom stereocenters. The molecule has 0 saturated carbocycles. The summed E-state index contributed by atoms with van der Waals surface area (Å²) in [6.07, 6.45) is 2.95. The molecule has 0 saturated heterocycles. The predicted octanol–water partition coefficient (Wildman–Crippen LogP) is 3.56. The Labute approximate surface area is 84.2 Å². The number of pyridine rings is 1. The molecule has 11 heavy (non-hydrogen) atoms. The second kappa shape index (κ2) is 3.36. The molecule has 1 rings (SSSR count). The molecule has 0 spiro atoms. The highest BCUT2D eigenvalue weighted by Crippen LogP contribution is 2.40. The van der Waals surface area contributed by atoms with Crippen LogP contribution in [0.15, 0.2) is 18.5 Å². The van der Waals surface area contributed by atoms with Gasteiger partial charge in [-0.25, -0.2) is 0 Å². The monoisotopic (exact) mass is 229 g/mol. The first-order chi connectivity index (χ1) is 5.02. The maximum absolute atomic E-state index is 5.69. The third-order valence-electron chi connectivity index (χ3n) is 1.08. The van der Waals surface area contributed by atoms with Crippen molar-refractivity contribution >= 4 is 46.4 Å². The van der Waals surface area contributed by atoms with Crippen LogP contribution >= 0.6 is 46.4 Å².